The number of hydrogen-bond donors (Lipinski definition) is 1. The van der Waals surface area contributed by atoms with Crippen LogP contribution in [0.4, 0.5) is 0 Å². The van der Waals surface area contributed by atoms with Gasteiger partial charge in [-0.2, -0.15) is 0 Å². The van der Waals surface area contributed by atoms with E-state index in [-0.39, 0.29) is 0 Å². The fourth-order valence-electron chi connectivity index (χ4n) is 2.77. The first kappa shape index (κ1) is 20.2. The molecule has 4 heteroatoms. The molecule has 3 nitrogen and oxygen atoms in total. The van der Waals surface area contributed by atoms with Gasteiger partial charge in [0.15, 0.2) is 0 Å². The van der Waals surface area contributed by atoms with Crippen molar-refractivity contribution in [2.24, 2.45) is 0 Å². The van der Waals surface area contributed by atoms with E-state index in [9.17, 15) is 8.42 Å². The van der Waals surface area contributed by atoms with Crippen molar-refractivity contribution in [3.8, 4) is 0 Å². The fraction of sp³-hybridized carbons (Fsp3) is 0.684. The summed E-state index contributed by atoms with van der Waals surface area (Å²) in [6.07, 6.45) is 14.4. The van der Waals surface area contributed by atoms with Crippen molar-refractivity contribution in [3.63, 3.8) is 0 Å². The Morgan fingerprint density at radius 1 is 0.783 bits per heavy atom. The maximum absolute atomic E-state index is 11.6. The first-order chi connectivity index (χ1) is 11.1. The number of rotatable bonds is 13. The number of sulfonamides is 1. The predicted molar refractivity (Wildman–Crippen MR) is 98.2 cm³/mol. The molecule has 0 bridgehead atoms. The van der Waals surface area contributed by atoms with Gasteiger partial charge in [-0.3, -0.25) is 0 Å². The molecule has 1 N–H and O–H groups in total. The van der Waals surface area contributed by atoms with Crippen molar-refractivity contribution in [1.82, 2.24) is 4.72 Å². The Hall–Kier alpha value is -0.870. The zero-order valence-electron chi connectivity index (χ0n) is 14.8. The van der Waals surface area contributed by atoms with E-state index in [1.165, 1.54) is 76.8 Å². The maximum atomic E-state index is 11.6. The van der Waals surface area contributed by atoms with Crippen LogP contribution in [-0.2, 0) is 16.4 Å². The van der Waals surface area contributed by atoms with E-state index in [4.69, 9.17) is 0 Å². The molecule has 0 fully saturated rings. The molecule has 0 unspecified atom stereocenters. The van der Waals surface area contributed by atoms with Gasteiger partial charge in [0.05, 0.1) is 4.90 Å². The third-order valence-corrected chi connectivity index (χ3v) is 5.75. The van der Waals surface area contributed by atoms with Crippen LogP contribution >= 0.6 is 0 Å². The summed E-state index contributed by atoms with van der Waals surface area (Å²) < 4.78 is 25.6. The van der Waals surface area contributed by atoms with Gasteiger partial charge in [0, 0.05) is 0 Å². The van der Waals surface area contributed by atoms with Crippen LogP contribution in [0, 0.1) is 0 Å². The zero-order valence-corrected chi connectivity index (χ0v) is 15.6. The molecule has 0 spiro atoms. The van der Waals surface area contributed by atoms with Crippen LogP contribution in [-0.4, -0.2) is 15.5 Å². The van der Waals surface area contributed by atoms with Gasteiger partial charge in [0.1, 0.15) is 0 Å². The molecule has 0 aromatic heterocycles. The summed E-state index contributed by atoms with van der Waals surface area (Å²) in [5, 5.41) is 0. The van der Waals surface area contributed by atoms with Gasteiger partial charge in [0.25, 0.3) is 0 Å². The van der Waals surface area contributed by atoms with Crippen LogP contribution in [0.15, 0.2) is 29.2 Å². The predicted octanol–water partition coefficient (Wildman–Crippen LogP) is 5.06. The van der Waals surface area contributed by atoms with Crippen LogP contribution in [0.5, 0.6) is 0 Å². The van der Waals surface area contributed by atoms with E-state index in [0.29, 0.717) is 4.90 Å². The van der Waals surface area contributed by atoms with Crippen LogP contribution in [0.3, 0.4) is 0 Å². The molecule has 1 rings (SSSR count). The van der Waals surface area contributed by atoms with Gasteiger partial charge in [-0.05, 0) is 37.6 Å². The molecular weight excluding hydrogens is 306 g/mol. The highest BCUT2D eigenvalue weighted by Crippen LogP contribution is 2.14. The van der Waals surface area contributed by atoms with Crippen molar-refractivity contribution in [2.45, 2.75) is 82.4 Å². The number of nitrogens with one attached hydrogen (secondary N) is 1. The molecule has 0 aliphatic rings. The van der Waals surface area contributed by atoms with Gasteiger partial charge >= 0.3 is 0 Å². The van der Waals surface area contributed by atoms with Gasteiger partial charge in [-0.25, -0.2) is 13.1 Å². The molecule has 23 heavy (non-hydrogen) atoms. The monoisotopic (exact) mass is 339 g/mol. The molecular formula is C19H33NO2S. The average molecular weight is 340 g/mol. The lowest BCUT2D eigenvalue weighted by Crippen LogP contribution is -2.18. The van der Waals surface area contributed by atoms with Crippen LogP contribution in [0.25, 0.3) is 0 Å². The molecule has 0 aliphatic heterocycles. The van der Waals surface area contributed by atoms with Crippen molar-refractivity contribution in [3.05, 3.63) is 29.8 Å². The Kier molecular flexibility index (Phi) is 10.2. The second kappa shape index (κ2) is 11.6. The van der Waals surface area contributed by atoms with Gasteiger partial charge in [-0.1, -0.05) is 76.8 Å². The van der Waals surface area contributed by atoms with Crippen molar-refractivity contribution >= 4 is 10.0 Å². The number of unbranched alkanes of at least 4 members (excludes halogenated alkanes) is 9. The average Bonchev–Trinajstić information content (AvgIpc) is 2.57. The fourth-order valence-corrected chi connectivity index (χ4v) is 3.50. The summed E-state index contributed by atoms with van der Waals surface area (Å²) in [6, 6.07) is 7.24. The van der Waals surface area contributed by atoms with E-state index >= 15 is 0 Å². The van der Waals surface area contributed by atoms with E-state index < -0.39 is 10.0 Å². The van der Waals surface area contributed by atoms with Crippen LogP contribution < -0.4 is 4.72 Å². The maximum Gasteiger partial charge on any atom is 0.240 e. The summed E-state index contributed by atoms with van der Waals surface area (Å²) in [4.78, 5) is 0.340. The standard InChI is InChI=1S/C19H33NO2S/c1-3-4-5-6-7-8-9-10-11-12-13-18-14-16-19(17-15-18)23(21,22)20-2/h14-17,20H,3-13H2,1-2H3. The molecule has 0 saturated heterocycles. The van der Waals surface area contributed by atoms with Crippen molar-refractivity contribution < 1.29 is 8.42 Å². The number of aryl methyl sites for hydroxylation is 1. The first-order valence-corrected chi connectivity index (χ1v) is 10.6. The first-order valence-electron chi connectivity index (χ1n) is 9.12. The van der Waals surface area contributed by atoms with Gasteiger partial charge in [-0.15, -0.1) is 0 Å². The largest absolute Gasteiger partial charge is 0.240 e. The third-order valence-electron chi connectivity index (χ3n) is 4.32. The molecule has 1 aromatic rings. The molecule has 0 amide bonds. The Balaban J connectivity index is 2.10. The summed E-state index contributed by atoms with van der Waals surface area (Å²) >= 11 is 0. The molecule has 0 atom stereocenters. The highest BCUT2D eigenvalue weighted by atomic mass is 32.2. The van der Waals surface area contributed by atoms with Gasteiger partial charge in [0.2, 0.25) is 10.0 Å². The van der Waals surface area contributed by atoms with Crippen molar-refractivity contribution in [2.75, 3.05) is 7.05 Å². The molecule has 0 saturated carbocycles. The lowest BCUT2D eigenvalue weighted by atomic mass is 10.0. The van der Waals surface area contributed by atoms with Crippen LogP contribution in [0.1, 0.15) is 76.7 Å². The van der Waals surface area contributed by atoms with E-state index in [1.807, 2.05) is 12.1 Å². The molecule has 0 heterocycles. The molecule has 0 aliphatic carbocycles. The highest BCUT2D eigenvalue weighted by molar-refractivity contribution is 7.89. The topological polar surface area (TPSA) is 46.2 Å². The highest BCUT2D eigenvalue weighted by Gasteiger charge is 2.10. The Morgan fingerprint density at radius 3 is 1.74 bits per heavy atom. The Labute approximate surface area is 142 Å². The molecule has 0 radical (unpaired) electrons. The summed E-state index contributed by atoms with van der Waals surface area (Å²) in [5.41, 5.74) is 1.22. The van der Waals surface area contributed by atoms with Crippen LogP contribution in [0.2, 0.25) is 0 Å². The second-order valence-electron chi connectivity index (χ2n) is 6.28. The van der Waals surface area contributed by atoms with Crippen molar-refractivity contribution in [1.29, 1.82) is 0 Å². The van der Waals surface area contributed by atoms with Gasteiger partial charge < -0.3 is 0 Å². The van der Waals surface area contributed by atoms with E-state index in [2.05, 4.69) is 11.6 Å². The third kappa shape index (κ3) is 8.52. The summed E-state index contributed by atoms with van der Waals surface area (Å²) in [5.74, 6) is 0. The SMILES string of the molecule is CCCCCCCCCCCCc1ccc(S(=O)(=O)NC)cc1. The Bertz CT molecular complexity index is 509. The lowest BCUT2D eigenvalue weighted by Gasteiger charge is -2.05. The lowest BCUT2D eigenvalue weighted by molar-refractivity contribution is 0.556. The molecule has 132 valence electrons. The van der Waals surface area contributed by atoms with E-state index in [1.54, 1.807) is 12.1 Å². The quantitative estimate of drug-likeness (QED) is 0.511. The minimum Gasteiger partial charge on any atom is -0.214 e. The minimum atomic E-state index is -3.31. The second-order valence-corrected chi connectivity index (χ2v) is 8.17. The number of benzene rings is 1. The summed E-state index contributed by atoms with van der Waals surface area (Å²) in [6.45, 7) is 2.26. The molecule has 1 aromatic carbocycles. The normalized spacial score (nSPS) is 11.7. The van der Waals surface area contributed by atoms with E-state index in [0.717, 1.165) is 6.42 Å². The zero-order chi connectivity index (χ0) is 17.0. The smallest absolute Gasteiger partial charge is 0.214 e. The minimum absolute atomic E-state index is 0.340. The summed E-state index contributed by atoms with van der Waals surface area (Å²) in [7, 11) is -1.87. The Morgan fingerprint density at radius 2 is 1.26 bits per heavy atom. The number of hydrogen-bond acceptors (Lipinski definition) is 2.